The first-order valence-electron chi connectivity index (χ1n) is 6.02. The zero-order chi connectivity index (χ0) is 13.8. The average molecular weight is 296 g/mol. The molecule has 2 aromatic rings. The fourth-order valence-electron chi connectivity index (χ4n) is 1.85. The van der Waals surface area contributed by atoms with Gasteiger partial charge >= 0.3 is 43.7 Å². The number of carboxylic acids is 1. The Kier molecular flexibility index (Phi) is 6.40. The van der Waals surface area contributed by atoms with Gasteiger partial charge in [-0.3, -0.25) is 9.59 Å². The third-order valence-electron chi connectivity index (χ3n) is 3.06. The van der Waals surface area contributed by atoms with E-state index in [1.54, 1.807) is 55.5 Å². The van der Waals surface area contributed by atoms with Crippen LogP contribution in [0.4, 0.5) is 0 Å². The Morgan fingerprint density at radius 2 is 1.55 bits per heavy atom. The number of hydrogen-bond donors (Lipinski definition) is 1. The molecule has 100 valence electrons. The molecule has 0 spiro atoms. The fourth-order valence-corrected chi connectivity index (χ4v) is 1.85. The molecule has 2 aromatic carbocycles. The van der Waals surface area contributed by atoms with Gasteiger partial charge in [0.15, 0.2) is 5.78 Å². The van der Waals surface area contributed by atoms with E-state index in [9.17, 15) is 9.59 Å². The summed E-state index contributed by atoms with van der Waals surface area (Å²) in [5, 5.41) is 9.00. The Balaban J connectivity index is 0.00000200. The van der Waals surface area contributed by atoms with E-state index in [1.165, 1.54) is 0 Å². The molecular weight excluding hydrogens is 280 g/mol. The molecule has 2 rings (SSSR count). The molecule has 3 nitrogen and oxygen atoms in total. The van der Waals surface area contributed by atoms with Crippen LogP contribution in [0.5, 0.6) is 0 Å². The molecule has 0 aliphatic heterocycles. The van der Waals surface area contributed by atoms with Crippen molar-refractivity contribution >= 4 is 49.5 Å². The Morgan fingerprint density at radius 1 is 0.950 bits per heavy atom. The number of ketones is 1. The van der Waals surface area contributed by atoms with E-state index in [0.717, 1.165) is 0 Å². The second-order valence-electron chi connectivity index (χ2n) is 4.38. The van der Waals surface area contributed by atoms with Crippen LogP contribution in [-0.4, -0.2) is 54.6 Å². The van der Waals surface area contributed by atoms with Gasteiger partial charge in [-0.15, -0.1) is 0 Å². The van der Waals surface area contributed by atoms with Crippen LogP contribution in [0.15, 0.2) is 54.6 Å². The molecule has 0 aliphatic rings. The van der Waals surface area contributed by atoms with Crippen LogP contribution in [0.1, 0.15) is 34.3 Å². The standard InChI is InChI=1S/C16H14O3.Ca.2H/c1-11(16(18)19)13-8-5-9-14(10-13)15(17)12-6-3-2-4-7-12;;;/h2-11H,1H3,(H,18,19);;;. The van der Waals surface area contributed by atoms with Gasteiger partial charge in [0, 0.05) is 11.1 Å². The first-order valence-corrected chi connectivity index (χ1v) is 6.02. The molecular formula is C16H16CaO3. The minimum atomic E-state index is -0.899. The summed E-state index contributed by atoms with van der Waals surface area (Å²) in [6.07, 6.45) is 0. The monoisotopic (exact) mass is 296 g/mol. The van der Waals surface area contributed by atoms with E-state index in [-0.39, 0.29) is 43.5 Å². The van der Waals surface area contributed by atoms with Crippen LogP contribution in [0, 0.1) is 0 Å². The van der Waals surface area contributed by atoms with Crippen LogP contribution in [-0.2, 0) is 4.79 Å². The van der Waals surface area contributed by atoms with Gasteiger partial charge in [0.2, 0.25) is 0 Å². The quantitative estimate of drug-likeness (QED) is 0.695. The third kappa shape index (κ3) is 3.92. The number of benzene rings is 2. The Morgan fingerprint density at radius 3 is 2.15 bits per heavy atom. The fraction of sp³-hybridized carbons (Fsp3) is 0.125. The predicted molar refractivity (Wildman–Crippen MR) is 80.9 cm³/mol. The van der Waals surface area contributed by atoms with Crippen molar-refractivity contribution in [1.29, 1.82) is 0 Å². The van der Waals surface area contributed by atoms with E-state index in [2.05, 4.69) is 0 Å². The predicted octanol–water partition coefficient (Wildman–Crippen LogP) is 2.19. The van der Waals surface area contributed by atoms with Gasteiger partial charge in [0.1, 0.15) is 0 Å². The zero-order valence-corrected chi connectivity index (χ0v) is 10.5. The normalized spacial score (nSPS) is 11.2. The Bertz CT molecular complexity index is 608. The summed E-state index contributed by atoms with van der Waals surface area (Å²) in [5.74, 6) is -1.62. The second kappa shape index (κ2) is 7.58. The molecule has 0 fully saturated rings. The van der Waals surface area contributed by atoms with Gasteiger partial charge in [-0.1, -0.05) is 48.5 Å². The maximum atomic E-state index is 12.2. The molecule has 0 aromatic heterocycles. The SMILES string of the molecule is CC(C(=O)O)c1cccc(C(=O)c2ccccc2)c1.[CaH2]. The molecule has 0 saturated carbocycles. The van der Waals surface area contributed by atoms with E-state index in [0.29, 0.717) is 16.7 Å². The summed E-state index contributed by atoms with van der Waals surface area (Å²) in [4.78, 5) is 23.2. The molecule has 0 saturated heterocycles. The van der Waals surface area contributed by atoms with Gasteiger partial charge in [-0.25, -0.2) is 0 Å². The van der Waals surface area contributed by atoms with E-state index in [1.807, 2.05) is 6.07 Å². The molecule has 0 amide bonds. The molecule has 0 heterocycles. The van der Waals surface area contributed by atoms with Crippen LogP contribution in [0.25, 0.3) is 0 Å². The summed E-state index contributed by atoms with van der Waals surface area (Å²) in [5.41, 5.74) is 1.74. The third-order valence-corrected chi connectivity index (χ3v) is 3.06. The van der Waals surface area contributed by atoms with Gasteiger partial charge in [-0.2, -0.15) is 0 Å². The van der Waals surface area contributed by atoms with Crippen LogP contribution >= 0.6 is 0 Å². The first kappa shape index (κ1) is 16.9. The van der Waals surface area contributed by atoms with E-state index in [4.69, 9.17) is 5.11 Å². The van der Waals surface area contributed by atoms with Crippen molar-refractivity contribution in [3.05, 3.63) is 71.3 Å². The average Bonchev–Trinajstić information content (AvgIpc) is 2.46. The van der Waals surface area contributed by atoms with Crippen LogP contribution in [0.3, 0.4) is 0 Å². The van der Waals surface area contributed by atoms with Gasteiger partial charge < -0.3 is 5.11 Å². The number of hydrogen-bond acceptors (Lipinski definition) is 2. The minimum absolute atomic E-state index is 0. The zero-order valence-electron chi connectivity index (χ0n) is 10.5. The van der Waals surface area contributed by atoms with Crippen molar-refractivity contribution in [2.75, 3.05) is 0 Å². The number of rotatable bonds is 4. The van der Waals surface area contributed by atoms with Crippen molar-refractivity contribution < 1.29 is 14.7 Å². The van der Waals surface area contributed by atoms with E-state index >= 15 is 0 Å². The number of carboxylic acid groups (broad SMARTS) is 1. The molecule has 4 heteroatoms. The maximum absolute atomic E-state index is 12.2. The second-order valence-corrected chi connectivity index (χ2v) is 4.38. The van der Waals surface area contributed by atoms with Crippen molar-refractivity contribution in [2.45, 2.75) is 12.8 Å². The molecule has 1 atom stereocenters. The summed E-state index contributed by atoms with van der Waals surface area (Å²) in [6.45, 7) is 1.61. The molecule has 1 N–H and O–H groups in total. The van der Waals surface area contributed by atoms with Crippen LogP contribution in [0.2, 0.25) is 0 Å². The molecule has 0 aliphatic carbocycles. The van der Waals surface area contributed by atoms with Crippen molar-refractivity contribution in [2.24, 2.45) is 0 Å². The topological polar surface area (TPSA) is 54.4 Å². The summed E-state index contributed by atoms with van der Waals surface area (Å²) < 4.78 is 0. The number of carbonyl (C=O) groups is 2. The summed E-state index contributed by atoms with van der Waals surface area (Å²) >= 11 is 0. The van der Waals surface area contributed by atoms with Crippen molar-refractivity contribution in [3.8, 4) is 0 Å². The molecule has 0 bridgehead atoms. The van der Waals surface area contributed by atoms with Gasteiger partial charge in [0.05, 0.1) is 5.92 Å². The van der Waals surface area contributed by atoms with Crippen molar-refractivity contribution in [3.63, 3.8) is 0 Å². The Hall–Kier alpha value is -1.16. The number of carbonyl (C=O) groups excluding carboxylic acids is 1. The molecule has 0 radical (unpaired) electrons. The number of aliphatic carboxylic acids is 1. The van der Waals surface area contributed by atoms with E-state index < -0.39 is 11.9 Å². The summed E-state index contributed by atoms with van der Waals surface area (Å²) in [6, 6.07) is 15.7. The molecule has 20 heavy (non-hydrogen) atoms. The van der Waals surface area contributed by atoms with Gasteiger partial charge in [-0.05, 0) is 18.6 Å². The summed E-state index contributed by atoms with van der Waals surface area (Å²) in [7, 11) is 0. The van der Waals surface area contributed by atoms with Crippen LogP contribution < -0.4 is 0 Å². The van der Waals surface area contributed by atoms with Gasteiger partial charge in [0.25, 0.3) is 0 Å². The molecule has 1 unspecified atom stereocenters. The van der Waals surface area contributed by atoms with Crippen molar-refractivity contribution in [1.82, 2.24) is 0 Å². The Labute approximate surface area is 147 Å². The first-order chi connectivity index (χ1) is 9.09.